The number of rotatable bonds is 6. The minimum atomic E-state index is -0.160. The highest BCUT2D eigenvalue weighted by Crippen LogP contribution is 2.25. The summed E-state index contributed by atoms with van der Waals surface area (Å²) in [5.74, 6) is -0.160. The average molecular weight is 402 g/mol. The number of thiophene rings is 1. The summed E-state index contributed by atoms with van der Waals surface area (Å²) in [6, 6.07) is 13.9. The third kappa shape index (κ3) is 4.26. The number of nitrogens with one attached hydrogen (secondary N) is 1. The fourth-order valence-corrected chi connectivity index (χ4v) is 4.33. The van der Waals surface area contributed by atoms with Gasteiger partial charge >= 0.3 is 0 Å². The van der Waals surface area contributed by atoms with Crippen LogP contribution in [0.3, 0.4) is 0 Å². The van der Waals surface area contributed by atoms with Gasteiger partial charge in [-0.05, 0) is 69.7 Å². The van der Waals surface area contributed by atoms with Gasteiger partial charge in [-0.25, -0.2) is 0 Å². The van der Waals surface area contributed by atoms with Crippen LogP contribution in [0.25, 0.3) is 5.69 Å². The zero-order chi connectivity index (χ0) is 19.6. The van der Waals surface area contributed by atoms with Crippen LogP contribution in [0.1, 0.15) is 32.7 Å². The SMILES string of the molecule is Cc1ccc(C)n1-c1ccc(Cl)c(C(=O)NCC(c2cccs2)N(C)C)c1. The smallest absolute Gasteiger partial charge is 0.252 e. The molecule has 1 aromatic carbocycles. The number of amides is 1. The van der Waals surface area contributed by atoms with Crippen molar-refractivity contribution >= 4 is 28.8 Å². The summed E-state index contributed by atoms with van der Waals surface area (Å²) in [6.07, 6.45) is 0. The van der Waals surface area contributed by atoms with Gasteiger partial charge in [0.05, 0.1) is 16.6 Å². The molecule has 3 aromatic rings. The van der Waals surface area contributed by atoms with E-state index in [1.165, 1.54) is 4.88 Å². The molecule has 0 aliphatic rings. The summed E-state index contributed by atoms with van der Waals surface area (Å²) in [5, 5.41) is 5.55. The molecule has 0 saturated heterocycles. The van der Waals surface area contributed by atoms with E-state index in [1.807, 2.05) is 46.1 Å². The zero-order valence-corrected chi connectivity index (χ0v) is 17.6. The van der Waals surface area contributed by atoms with Gasteiger partial charge in [0.2, 0.25) is 0 Å². The molecule has 4 nitrogen and oxygen atoms in total. The van der Waals surface area contributed by atoms with E-state index >= 15 is 0 Å². The van der Waals surface area contributed by atoms with Crippen LogP contribution in [0.5, 0.6) is 0 Å². The van der Waals surface area contributed by atoms with Crippen molar-refractivity contribution in [3.63, 3.8) is 0 Å². The van der Waals surface area contributed by atoms with E-state index in [2.05, 4.69) is 38.4 Å². The molecule has 2 aromatic heterocycles. The summed E-state index contributed by atoms with van der Waals surface area (Å²) in [5.41, 5.74) is 3.66. The van der Waals surface area contributed by atoms with Crippen LogP contribution < -0.4 is 5.32 Å². The number of aromatic nitrogens is 1. The first-order valence-corrected chi connectivity index (χ1v) is 10.1. The maximum absolute atomic E-state index is 12.8. The van der Waals surface area contributed by atoms with Crippen LogP contribution in [0, 0.1) is 13.8 Å². The standard InChI is InChI=1S/C21H24ClN3OS/c1-14-7-8-15(2)25(14)16-9-10-18(22)17(12-16)21(26)23-13-19(24(3)4)20-6-5-11-27-20/h5-12,19H,13H2,1-4H3,(H,23,26). The molecule has 0 spiro atoms. The zero-order valence-electron chi connectivity index (χ0n) is 16.0. The minimum Gasteiger partial charge on any atom is -0.350 e. The molecular formula is C21H24ClN3OS. The number of likely N-dealkylation sites (N-methyl/N-ethyl adjacent to an activating group) is 1. The van der Waals surface area contributed by atoms with Crippen LogP contribution in [-0.2, 0) is 0 Å². The number of halogens is 1. The van der Waals surface area contributed by atoms with Crippen molar-refractivity contribution in [3.05, 3.63) is 74.7 Å². The lowest BCUT2D eigenvalue weighted by Gasteiger charge is -2.23. The largest absolute Gasteiger partial charge is 0.350 e. The van der Waals surface area contributed by atoms with Crippen molar-refractivity contribution in [2.45, 2.75) is 19.9 Å². The van der Waals surface area contributed by atoms with Crippen LogP contribution in [0.4, 0.5) is 0 Å². The lowest BCUT2D eigenvalue weighted by molar-refractivity contribution is 0.0942. The van der Waals surface area contributed by atoms with E-state index in [1.54, 1.807) is 17.4 Å². The van der Waals surface area contributed by atoms with Crippen LogP contribution in [-0.4, -0.2) is 36.0 Å². The first kappa shape index (κ1) is 19.7. The Morgan fingerprint density at radius 1 is 1.19 bits per heavy atom. The molecule has 0 saturated carbocycles. The topological polar surface area (TPSA) is 37.3 Å². The summed E-state index contributed by atoms with van der Waals surface area (Å²) >= 11 is 8.02. The van der Waals surface area contributed by atoms with Crippen molar-refractivity contribution in [2.75, 3.05) is 20.6 Å². The molecule has 0 aliphatic heterocycles. The molecule has 1 N–H and O–H groups in total. The summed E-state index contributed by atoms with van der Waals surface area (Å²) in [7, 11) is 4.03. The molecule has 1 atom stereocenters. The van der Waals surface area contributed by atoms with Gasteiger partial charge in [0.1, 0.15) is 0 Å². The molecule has 0 bridgehead atoms. The van der Waals surface area contributed by atoms with Crippen LogP contribution in [0.15, 0.2) is 47.8 Å². The van der Waals surface area contributed by atoms with Crippen molar-refractivity contribution in [1.82, 2.24) is 14.8 Å². The first-order chi connectivity index (χ1) is 12.9. The normalized spacial score (nSPS) is 12.4. The summed E-state index contributed by atoms with van der Waals surface area (Å²) in [6.45, 7) is 4.61. The molecule has 142 valence electrons. The monoisotopic (exact) mass is 401 g/mol. The second kappa shape index (κ2) is 8.30. The fourth-order valence-electron chi connectivity index (χ4n) is 3.21. The second-order valence-corrected chi connectivity index (χ2v) is 8.21. The third-order valence-electron chi connectivity index (χ3n) is 4.67. The van der Waals surface area contributed by atoms with Gasteiger partial charge in [-0.1, -0.05) is 17.7 Å². The summed E-state index contributed by atoms with van der Waals surface area (Å²) < 4.78 is 2.11. The van der Waals surface area contributed by atoms with Gasteiger partial charge in [0.25, 0.3) is 5.91 Å². The van der Waals surface area contributed by atoms with Gasteiger partial charge in [0.15, 0.2) is 0 Å². The van der Waals surface area contributed by atoms with E-state index < -0.39 is 0 Å². The maximum atomic E-state index is 12.8. The van der Waals surface area contributed by atoms with Gasteiger partial charge in [-0.3, -0.25) is 4.79 Å². The highest BCUT2D eigenvalue weighted by Gasteiger charge is 2.18. The Bertz CT molecular complexity index is 912. The maximum Gasteiger partial charge on any atom is 0.252 e. The number of carbonyl (C=O) groups excluding carboxylic acids is 1. The van der Waals surface area contributed by atoms with Crippen molar-refractivity contribution in [1.29, 1.82) is 0 Å². The van der Waals surface area contributed by atoms with Crippen molar-refractivity contribution < 1.29 is 4.79 Å². The first-order valence-electron chi connectivity index (χ1n) is 8.81. The van der Waals surface area contributed by atoms with Gasteiger partial charge in [-0.2, -0.15) is 0 Å². The Kier molecular flexibility index (Phi) is 6.05. The molecule has 0 fully saturated rings. The molecule has 0 aliphatic carbocycles. The summed E-state index contributed by atoms with van der Waals surface area (Å²) in [4.78, 5) is 16.2. The number of hydrogen-bond acceptors (Lipinski definition) is 3. The van der Waals surface area contributed by atoms with Gasteiger partial charge < -0.3 is 14.8 Å². The molecular weight excluding hydrogens is 378 g/mol. The average Bonchev–Trinajstić information content (AvgIpc) is 3.26. The molecule has 1 amide bonds. The lowest BCUT2D eigenvalue weighted by atomic mass is 10.1. The number of aryl methyl sites for hydroxylation is 2. The molecule has 2 heterocycles. The van der Waals surface area contributed by atoms with Crippen LogP contribution in [0.2, 0.25) is 5.02 Å². The molecule has 0 radical (unpaired) electrons. The molecule has 27 heavy (non-hydrogen) atoms. The van der Waals surface area contributed by atoms with Crippen molar-refractivity contribution in [2.24, 2.45) is 0 Å². The van der Waals surface area contributed by atoms with Crippen LogP contribution >= 0.6 is 22.9 Å². The predicted molar refractivity (Wildman–Crippen MR) is 113 cm³/mol. The molecule has 3 rings (SSSR count). The number of benzene rings is 1. The second-order valence-electron chi connectivity index (χ2n) is 6.82. The van der Waals surface area contributed by atoms with Crippen molar-refractivity contribution in [3.8, 4) is 5.69 Å². The van der Waals surface area contributed by atoms with E-state index in [0.717, 1.165) is 17.1 Å². The number of nitrogens with zero attached hydrogens (tertiary/aromatic N) is 2. The highest BCUT2D eigenvalue weighted by molar-refractivity contribution is 7.10. The predicted octanol–water partition coefficient (Wildman–Crippen LogP) is 4.84. The Hall–Kier alpha value is -2.08. The Labute approximate surface area is 169 Å². The fraction of sp³-hybridized carbons (Fsp3) is 0.286. The third-order valence-corrected chi connectivity index (χ3v) is 5.98. The molecule has 1 unspecified atom stereocenters. The lowest BCUT2D eigenvalue weighted by Crippen LogP contribution is -2.34. The Balaban J connectivity index is 1.81. The Morgan fingerprint density at radius 2 is 1.89 bits per heavy atom. The number of carbonyl (C=O) groups is 1. The Morgan fingerprint density at radius 3 is 2.48 bits per heavy atom. The molecule has 6 heteroatoms. The van der Waals surface area contributed by atoms with E-state index in [0.29, 0.717) is 17.1 Å². The van der Waals surface area contributed by atoms with Gasteiger partial charge in [-0.15, -0.1) is 11.3 Å². The van der Waals surface area contributed by atoms with E-state index in [9.17, 15) is 4.79 Å². The van der Waals surface area contributed by atoms with Gasteiger partial charge in [0, 0.05) is 28.5 Å². The van der Waals surface area contributed by atoms with E-state index in [4.69, 9.17) is 11.6 Å². The highest BCUT2D eigenvalue weighted by atomic mass is 35.5. The van der Waals surface area contributed by atoms with E-state index in [-0.39, 0.29) is 11.9 Å². The number of hydrogen-bond donors (Lipinski definition) is 1. The minimum absolute atomic E-state index is 0.129. The quantitative estimate of drug-likeness (QED) is 0.641.